The van der Waals surface area contributed by atoms with Gasteiger partial charge >= 0.3 is 0 Å². The summed E-state index contributed by atoms with van der Waals surface area (Å²) in [6.45, 7) is 2.03. The van der Waals surface area contributed by atoms with Gasteiger partial charge in [-0.25, -0.2) is 0 Å². The van der Waals surface area contributed by atoms with Crippen LogP contribution in [0.3, 0.4) is 0 Å². The molecule has 1 fully saturated rings. The lowest BCUT2D eigenvalue weighted by Crippen LogP contribution is -2.51. The van der Waals surface area contributed by atoms with Crippen LogP contribution in [0.2, 0.25) is 0 Å². The normalized spacial score (nSPS) is 22.9. The number of piperidine rings is 1. The van der Waals surface area contributed by atoms with E-state index in [-0.39, 0.29) is 23.9 Å². The highest BCUT2D eigenvalue weighted by Gasteiger charge is 2.32. The Morgan fingerprint density at radius 2 is 2.29 bits per heavy atom. The first-order chi connectivity index (χ1) is 8.09. The van der Waals surface area contributed by atoms with Crippen LogP contribution in [0.5, 0.6) is 0 Å². The van der Waals surface area contributed by atoms with E-state index in [1.165, 1.54) is 10.5 Å². The summed E-state index contributed by atoms with van der Waals surface area (Å²) in [5, 5.41) is 7.37. The Kier molecular flexibility index (Phi) is 3.59. The smallest absolute Gasteiger partial charge is 0.246 e. The summed E-state index contributed by atoms with van der Waals surface area (Å²) in [6, 6.07) is 1.94. The van der Waals surface area contributed by atoms with Crippen LogP contribution in [-0.2, 0) is 9.59 Å². The van der Waals surface area contributed by atoms with Gasteiger partial charge in [-0.1, -0.05) is 0 Å². The second kappa shape index (κ2) is 4.98. The Morgan fingerprint density at radius 1 is 1.53 bits per heavy atom. The Morgan fingerprint density at radius 3 is 2.94 bits per heavy atom. The molecule has 2 heterocycles. The van der Waals surface area contributed by atoms with E-state index in [1.807, 2.05) is 18.4 Å². The summed E-state index contributed by atoms with van der Waals surface area (Å²) in [5.74, 6) is -0.209. The van der Waals surface area contributed by atoms with Crippen molar-refractivity contribution in [2.45, 2.75) is 31.8 Å². The van der Waals surface area contributed by atoms with Crippen molar-refractivity contribution in [2.75, 3.05) is 7.05 Å². The molecule has 5 heteroatoms. The maximum Gasteiger partial charge on any atom is 0.246 e. The standard InChI is InChI=1S/C12H16N2O2S/c1-8(9-5-6-17-7-9)13-10-3-4-11(15)14(2)12(10)16/h5-8,10,13H,3-4H2,1-2H3. The average molecular weight is 252 g/mol. The lowest BCUT2D eigenvalue weighted by Gasteiger charge is -2.30. The zero-order valence-corrected chi connectivity index (χ0v) is 10.8. The average Bonchev–Trinajstić information content (AvgIpc) is 2.83. The molecule has 1 N–H and O–H groups in total. The fourth-order valence-corrected chi connectivity index (χ4v) is 2.74. The summed E-state index contributed by atoms with van der Waals surface area (Å²) in [4.78, 5) is 24.5. The molecule has 0 aromatic carbocycles. The molecule has 1 aliphatic heterocycles. The highest BCUT2D eigenvalue weighted by atomic mass is 32.1. The van der Waals surface area contributed by atoms with Gasteiger partial charge in [-0.2, -0.15) is 11.3 Å². The lowest BCUT2D eigenvalue weighted by molar-refractivity contribution is -0.148. The largest absolute Gasteiger partial charge is 0.299 e. The molecule has 1 aromatic heterocycles. The van der Waals surface area contributed by atoms with Crippen molar-refractivity contribution in [1.82, 2.24) is 10.2 Å². The lowest BCUT2D eigenvalue weighted by atomic mass is 10.0. The molecule has 4 nitrogen and oxygen atoms in total. The van der Waals surface area contributed by atoms with E-state index < -0.39 is 0 Å². The van der Waals surface area contributed by atoms with Gasteiger partial charge in [-0.05, 0) is 35.7 Å². The number of thiophene rings is 1. The van der Waals surface area contributed by atoms with Crippen molar-refractivity contribution >= 4 is 23.2 Å². The second-order valence-corrected chi connectivity index (χ2v) is 5.11. The number of nitrogens with zero attached hydrogens (tertiary/aromatic N) is 1. The highest BCUT2D eigenvalue weighted by molar-refractivity contribution is 7.07. The number of nitrogens with one attached hydrogen (secondary N) is 1. The number of hydrogen-bond donors (Lipinski definition) is 1. The van der Waals surface area contributed by atoms with E-state index in [0.717, 1.165) is 0 Å². The van der Waals surface area contributed by atoms with Crippen molar-refractivity contribution in [3.63, 3.8) is 0 Å². The topological polar surface area (TPSA) is 49.4 Å². The van der Waals surface area contributed by atoms with E-state index >= 15 is 0 Å². The van der Waals surface area contributed by atoms with Crippen LogP contribution in [0.4, 0.5) is 0 Å². The molecule has 0 aliphatic carbocycles. The fourth-order valence-electron chi connectivity index (χ4n) is 1.99. The minimum Gasteiger partial charge on any atom is -0.299 e. The number of carbonyl (C=O) groups excluding carboxylic acids is 2. The van der Waals surface area contributed by atoms with Gasteiger partial charge in [0.05, 0.1) is 6.04 Å². The molecular weight excluding hydrogens is 236 g/mol. The Labute approximate surface area is 105 Å². The molecule has 1 aromatic rings. The molecule has 0 bridgehead atoms. The van der Waals surface area contributed by atoms with Gasteiger partial charge < -0.3 is 0 Å². The predicted octanol–water partition coefficient (Wildman–Crippen LogP) is 1.55. The quantitative estimate of drug-likeness (QED) is 0.830. The van der Waals surface area contributed by atoms with Gasteiger partial charge in [0.1, 0.15) is 0 Å². The Hall–Kier alpha value is -1.20. The van der Waals surface area contributed by atoms with Crippen LogP contribution in [-0.4, -0.2) is 29.8 Å². The SMILES string of the molecule is CC(NC1CCC(=O)N(C)C1=O)c1ccsc1. The first kappa shape index (κ1) is 12.3. The molecule has 0 spiro atoms. The second-order valence-electron chi connectivity index (χ2n) is 4.33. The summed E-state index contributed by atoms with van der Waals surface area (Å²) in [5.41, 5.74) is 1.18. The number of hydrogen-bond acceptors (Lipinski definition) is 4. The monoisotopic (exact) mass is 252 g/mol. The minimum atomic E-state index is -0.243. The van der Waals surface area contributed by atoms with Crippen molar-refractivity contribution in [3.05, 3.63) is 22.4 Å². The van der Waals surface area contributed by atoms with Crippen molar-refractivity contribution in [1.29, 1.82) is 0 Å². The number of carbonyl (C=O) groups is 2. The van der Waals surface area contributed by atoms with E-state index in [9.17, 15) is 9.59 Å². The number of likely N-dealkylation sites (tertiary alicyclic amines) is 1. The molecule has 0 saturated carbocycles. The summed E-state index contributed by atoms with van der Waals surface area (Å²) >= 11 is 1.64. The van der Waals surface area contributed by atoms with Gasteiger partial charge in [-0.15, -0.1) is 0 Å². The number of imide groups is 1. The fraction of sp³-hybridized carbons (Fsp3) is 0.500. The van der Waals surface area contributed by atoms with Crippen LogP contribution in [0.25, 0.3) is 0 Å². The zero-order valence-electron chi connectivity index (χ0n) is 9.97. The van der Waals surface area contributed by atoms with Gasteiger partial charge in [0.2, 0.25) is 11.8 Å². The van der Waals surface area contributed by atoms with Crippen LogP contribution >= 0.6 is 11.3 Å². The van der Waals surface area contributed by atoms with Crippen molar-refractivity contribution < 1.29 is 9.59 Å². The first-order valence-electron chi connectivity index (χ1n) is 5.68. The minimum absolute atomic E-state index is 0.0868. The summed E-state index contributed by atoms with van der Waals surface area (Å²) in [6.07, 6.45) is 1.03. The van der Waals surface area contributed by atoms with E-state index in [0.29, 0.717) is 12.8 Å². The molecule has 2 atom stereocenters. The number of likely N-dealkylation sites (N-methyl/N-ethyl adjacent to an activating group) is 1. The van der Waals surface area contributed by atoms with Crippen LogP contribution in [0, 0.1) is 0 Å². The maximum absolute atomic E-state index is 11.9. The van der Waals surface area contributed by atoms with E-state index in [2.05, 4.69) is 10.7 Å². The van der Waals surface area contributed by atoms with Crippen LogP contribution in [0.15, 0.2) is 16.8 Å². The molecule has 2 unspecified atom stereocenters. The third-order valence-electron chi connectivity index (χ3n) is 3.14. The number of rotatable bonds is 3. The third-order valence-corrected chi connectivity index (χ3v) is 3.85. The molecular formula is C12H16N2O2S. The first-order valence-corrected chi connectivity index (χ1v) is 6.62. The molecule has 1 aliphatic rings. The van der Waals surface area contributed by atoms with Gasteiger partial charge in [-0.3, -0.25) is 19.8 Å². The molecule has 17 heavy (non-hydrogen) atoms. The van der Waals surface area contributed by atoms with Crippen LogP contribution < -0.4 is 5.32 Å². The van der Waals surface area contributed by atoms with Crippen molar-refractivity contribution in [2.24, 2.45) is 0 Å². The molecule has 2 rings (SSSR count). The maximum atomic E-state index is 11.9. The molecule has 0 radical (unpaired) electrons. The third kappa shape index (κ3) is 2.56. The van der Waals surface area contributed by atoms with Crippen LogP contribution in [0.1, 0.15) is 31.4 Å². The van der Waals surface area contributed by atoms with Crippen molar-refractivity contribution in [3.8, 4) is 0 Å². The van der Waals surface area contributed by atoms with E-state index in [1.54, 1.807) is 18.4 Å². The van der Waals surface area contributed by atoms with Gasteiger partial charge in [0, 0.05) is 19.5 Å². The molecule has 92 valence electrons. The van der Waals surface area contributed by atoms with Gasteiger partial charge in [0.15, 0.2) is 0 Å². The van der Waals surface area contributed by atoms with Gasteiger partial charge in [0.25, 0.3) is 0 Å². The molecule has 2 amide bonds. The highest BCUT2D eigenvalue weighted by Crippen LogP contribution is 2.19. The zero-order chi connectivity index (χ0) is 12.4. The summed E-state index contributed by atoms with van der Waals surface area (Å²) in [7, 11) is 1.55. The Bertz CT molecular complexity index is 416. The molecule has 1 saturated heterocycles. The van der Waals surface area contributed by atoms with E-state index in [4.69, 9.17) is 0 Å². The number of amides is 2. The summed E-state index contributed by atoms with van der Waals surface area (Å²) < 4.78 is 0. The Balaban J connectivity index is 2.00. The predicted molar refractivity (Wildman–Crippen MR) is 66.7 cm³/mol.